The summed E-state index contributed by atoms with van der Waals surface area (Å²) in [6, 6.07) is 0. The highest BCUT2D eigenvalue weighted by Crippen LogP contribution is 2.15. The van der Waals surface area contributed by atoms with E-state index in [0.29, 0.717) is 0 Å². The maximum atomic E-state index is 11.6. The van der Waals surface area contributed by atoms with Gasteiger partial charge in [-0.2, -0.15) is 0 Å². The highest BCUT2D eigenvalue weighted by atomic mass is 16.6. The van der Waals surface area contributed by atoms with E-state index in [1.807, 2.05) is 0 Å². The topological polar surface area (TPSA) is 72.8 Å². The van der Waals surface area contributed by atoms with Crippen molar-refractivity contribution >= 4 is 11.9 Å². The molecule has 0 spiro atoms. The van der Waals surface area contributed by atoms with E-state index in [1.54, 1.807) is 26.8 Å². The molecule has 0 saturated heterocycles. The summed E-state index contributed by atoms with van der Waals surface area (Å²) in [4.78, 5) is 23.2. The lowest BCUT2D eigenvalue weighted by atomic mass is 10.0. The normalized spacial score (nSPS) is 11.5. The first kappa shape index (κ1) is 15.6. The van der Waals surface area contributed by atoms with Crippen LogP contribution in [0.5, 0.6) is 0 Å². The van der Waals surface area contributed by atoms with Gasteiger partial charge < -0.3 is 14.6 Å². The van der Waals surface area contributed by atoms with Crippen LogP contribution in [0.2, 0.25) is 0 Å². The smallest absolute Gasteiger partial charge is 0.320 e. The van der Waals surface area contributed by atoms with Crippen LogP contribution in [0.4, 0.5) is 0 Å². The van der Waals surface area contributed by atoms with Gasteiger partial charge in [-0.3, -0.25) is 9.59 Å². The fourth-order valence-electron chi connectivity index (χ4n) is 1.31. The van der Waals surface area contributed by atoms with Crippen LogP contribution >= 0.6 is 0 Å². The third kappa shape index (κ3) is 6.06. The molecule has 0 saturated carbocycles. The van der Waals surface area contributed by atoms with Crippen molar-refractivity contribution in [3.8, 4) is 0 Å². The summed E-state index contributed by atoms with van der Waals surface area (Å²) in [7, 11) is 0. The summed E-state index contributed by atoms with van der Waals surface area (Å²) in [5.74, 6) is -2.12. The minimum Gasteiger partial charge on any atom is -0.465 e. The Kier molecular flexibility index (Phi) is 8.05. The Balaban J connectivity index is 4.66. The largest absolute Gasteiger partial charge is 0.465 e. The molecule has 0 bridgehead atoms. The molecule has 0 aromatic carbocycles. The molecule has 0 atom stereocenters. The second-order valence-corrected chi connectivity index (χ2v) is 3.49. The zero-order chi connectivity index (χ0) is 13.3. The average Bonchev–Trinajstić information content (AvgIpc) is 2.26. The van der Waals surface area contributed by atoms with Gasteiger partial charge in [0.2, 0.25) is 0 Å². The molecule has 1 N–H and O–H groups in total. The number of esters is 2. The predicted molar refractivity (Wildman–Crippen MR) is 62.2 cm³/mol. The van der Waals surface area contributed by atoms with Crippen molar-refractivity contribution in [2.45, 2.75) is 27.2 Å². The van der Waals surface area contributed by atoms with Crippen LogP contribution < -0.4 is 0 Å². The standard InChI is InChI=1S/C12H20O5/c1-4-16-11(14)10(12(15)17-5-2)8-9(3)6-7-13/h6,10,13H,4-5,7-8H2,1-3H3/b9-6+. The van der Waals surface area contributed by atoms with Crippen molar-refractivity contribution in [2.24, 2.45) is 5.92 Å². The van der Waals surface area contributed by atoms with Crippen LogP contribution in [-0.4, -0.2) is 36.9 Å². The first-order valence-electron chi connectivity index (χ1n) is 5.66. The summed E-state index contributed by atoms with van der Waals surface area (Å²) >= 11 is 0. The number of carbonyl (C=O) groups excluding carboxylic acids is 2. The number of carbonyl (C=O) groups is 2. The number of ether oxygens (including phenoxy) is 2. The van der Waals surface area contributed by atoms with Crippen molar-refractivity contribution in [3.63, 3.8) is 0 Å². The van der Waals surface area contributed by atoms with Crippen molar-refractivity contribution in [2.75, 3.05) is 19.8 Å². The number of allylic oxidation sites excluding steroid dienone is 1. The SMILES string of the molecule is CCOC(=O)C(C/C(C)=C/CO)C(=O)OCC. The van der Waals surface area contributed by atoms with Crippen LogP contribution in [0.15, 0.2) is 11.6 Å². The molecule has 0 aliphatic rings. The molecule has 0 unspecified atom stereocenters. The van der Waals surface area contributed by atoms with Crippen LogP contribution in [0.3, 0.4) is 0 Å². The molecular formula is C12H20O5. The Morgan fingerprint density at radius 1 is 1.18 bits per heavy atom. The van der Waals surface area contributed by atoms with E-state index in [1.165, 1.54) is 0 Å². The maximum absolute atomic E-state index is 11.6. The van der Waals surface area contributed by atoms with Crippen LogP contribution in [0.25, 0.3) is 0 Å². The fraction of sp³-hybridized carbons (Fsp3) is 0.667. The third-order valence-corrected chi connectivity index (χ3v) is 2.11. The van der Waals surface area contributed by atoms with E-state index in [-0.39, 0.29) is 26.2 Å². The zero-order valence-electron chi connectivity index (χ0n) is 10.6. The van der Waals surface area contributed by atoms with E-state index in [4.69, 9.17) is 14.6 Å². The monoisotopic (exact) mass is 244 g/mol. The summed E-state index contributed by atoms with van der Waals surface area (Å²) in [6.45, 7) is 5.41. The Labute approximate surface area is 101 Å². The Morgan fingerprint density at radius 3 is 2.00 bits per heavy atom. The summed E-state index contributed by atoms with van der Waals surface area (Å²) < 4.78 is 9.64. The van der Waals surface area contributed by atoms with Gasteiger partial charge in [-0.25, -0.2) is 0 Å². The van der Waals surface area contributed by atoms with Gasteiger partial charge in [0.05, 0.1) is 19.8 Å². The van der Waals surface area contributed by atoms with E-state index >= 15 is 0 Å². The minimum atomic E-state index is -0.947. The lowest BCUT2D eigenvalue weighted by Crippen LogP contribution is -2.28. The van der Waals surface area contributed by atoms with Gasteiger partial charge in [-0.05, 0) is 27.2 Å². The quantitative estimate of drug-likeness (QED) is 0.412. The molecule has 0 radical (unpaired) electrons. The second-order valence-electron chi connectivity index (χ2n) is 3.49. The van der Waals surface area contributed by atoms with Crippen molar-refractivity contribution in [3.05, 3.63) is 11.6 Å². The van der Waals surface area contributed by atoms with Gasteiger partial charge in [0.1, 0.15) is 0 Å². The van der Waals surface area contributed by atoms with Crippen molar-refractivity contribution < 1.29 is 24.2 Å². The molecule has 0 amide bonds. The molecule has 0 aromatic rings. The molecule has 17 heavy (non-hydrogen) atoms. The minimum absolute atomic E-state index is 0.121. The molecule has 0 aliphatic carbocycles. The van der Waals surface area contributed by atoms with Gasteiger partial charge in [-0.1, -0.05) is 11.6 Å². The van der Waals surface area contributed by atoms with E-state index in [0.717, 1.165) is 5.57 Å². The van der Waals surface area contributed by atoms with Gasteiger partial charge in [-0.15, -0.1) is 0 Å². The highest BCUT2D eigenvalue weighted by Gasteiger charge is 2.29. The molecule has 0 heterocycles. The van der Waals surface area contributed by atoms with Gasteiger partial charge in [0.25, 0.3) is 0 Å². The van der Waals surface area contributed by atoms with Gasteiger partial charge >= 0.3 is 11.9 Å². The lowest BCUT2D eigenvalue weighted by molar-refractivity contribution is -0.161. The number of hydrogen-bond acceptors (Lipinski definition) is 5. The third-order valence-electron chi connectivity index (χ3n) is 2.11. The van der Waals surface area contributed by atoms with Gasteiger partial charge in [0.15, 0.2) is 5.92 Å². The second kappa shape index (κ2) is 8.75. The molecule has 98 valence electrons. The fourth-order valence-corrected chi connectivity index (χ4v) is 1.31. The predicted octanol–water partition coefficient (Wildman–Crippen LogP) is 1.06. The van der Waals surface area contributed by atoms with Gasteiger partial charge in [0, 0.05) is 0 Å². The maximum Gasteiger partial charge on any atom is 0.320 e. The highest BCUT2D eigenvalue weighted by molar-refractivity contribution is 5.95. The molecule has 0 aromatic heterocycles. The first-order valence-corrected chi connectivity index (χ1v) is 5.66. The molecule has 0 fully saturated rings. The lowest BCUT2D eigenvalue weighted by Gasteiger charge is -2.14. The van der Waals surface area contributed by atoms with Crippen molar-refractivity contribution in [1.82, 2.24) is 0 Å². The zero-order valence-corrected chi connectivity index (χ0v) is 10.6. The molecule has 0 aliphatic heterocycles. The molecule has 5 nitrogen and oxygen atoms in total. The summed E-state index contributed by atoms with van der Waals surface area (Å²) in [5.41, 5.74) is 0.749. The van der Waals surface area contributed by atoms with Crippen LogP contribution in [0, 0.1) is 5.92 Å². The average molecular weight is 244 g/mol. The van der Waals surface area contributed by atoms with Crippen LogP contribution in [0.1, 0.15) is 27.2 Å². The molecule has 5 heteroatoms. The number of aliphatic hydroxyl groups is 1. The summed E-state index contributed by atoms with van der Waals surface area (Å²) in [5, 5.41) is 8.72. The number of rotatable bonds is 7. The van der Waals surface area contributed by atoms with E-state index in [9.17, 15) is 9.59 Å². The number of aliphatic hydroxyl groups excluding tert-OH is 1. The number of hydrogen-bond donors (Lipinski definition) is 1. The first-order chi connectivity index (χ1) is 8.06. The Hall–Kier alpha value is -1.36. The van der Waals surface area contributed by atoms with E-state index in [2.05, 4.69) is 0 Å². The Bertz CT molecular complexity index is 265. The molecular weight excluding hydrogens is 224 g/mol. The van der Waals surface area contributed by atoms with Crippen LogP contribution in [-0.2, 0) is 19.1 Å². The summed E-state index contributed by atoms with van der Waals surface area (Å²) in [6.07, 6.45) is 1.75. The van der Waals surface area contributed by atoms with E-state index < -0.39 is 17.9 Å². The van der Waals surface area contributed by atoms with Crippen molar-refractivity contribution in [1.29, 1.82) is 0 Å². The Morgan fingerprint density at radius 2 is 1.65 bits per heavy atom. The molecule has 0 rings (SSSR count).